The minimum absolute atomic E-state index is 0.151. The number of aromatic nitrogens is 6. The summed E-state index contributed by atoms with van der Waals surface area (Å²) in [6.07, 6.45) is 7.54. The molecule has 14 heteroatoms. The van der Waals surface area contributed by atoms with Crippen LogP contribution < -0.4 is 22.1 Å². The van der Waals surface area contributed by atoms with Crippen molar-refractivity contribution < 1.29 is 9.59 Å². The van der Waals surface area contributed by atoms with E-state index in [0.29, 0.717) is 34.7 Å². The average Bonchev–Trinajstić information content (AvgIpc) is 3.64. The van der Waals surface area contributed by atoms with Crippen LogP contribution in [0.4, 0.5) is 10.3 Å². The summed E-state index contributed by atoms with van der Waals surface area (Å²) in [7, 11) is 0. The van der Waals surface area contributed by atoms with Crippen LogP contribution >= 0.6 is 22.7 Å². The largest absolute Gasteiger partial charge is 0.326 e. The van der Waals surface area contributed by atoms with Crippen LogP contribution in [0.5, 0.6) is 0 Å². The van der Waals surface area contributed by atoms with Gasteiger partial charge in [-0.1, -0.05) is 41.2 Å². The smallest absolute Gasteiger partial charge is 0.232 e. The van der Waals surface area contributed by atoms with Crippen molar-refractivity contribution in [1.29, 1.82) is 0 Å². The fraction of sp³-hybridized carbons (Fsp3) is 0.385. The van der Waals surface area contributed by atoms with Crippen LogP contribution in [0, 0.1) is 0 Å². The summed E-state index contributed by atoms with van der Waals surface area (Å²) in [5.41, 5.74) is 14.4. The summed E-state index contributed by atoms with van der Waals surface area (Å²) in [5, 5.41) is 25.6. The third-order valence-electron chi connectivity index (χ3n) is 6.67. The quantitative estimate of drug-likeness (QED) is 0.218. The standard InChI is InChI=1S/C26H30N10O2S2/c27-11-15-4-6-19(29-13-15)9-21(37)31-25-35-33-23(39-25)17-2-1-3-18(8-17)24-34-36-26(40-24)32-22(38)10-20-7-5-16(12-28)14-30-20/h4-7,13-14,17-18H,1-3,8-12,27-28H2,(H,31,35,37)(H,32,36,38). The van der Waals surface area contributed by atoms with Crippen molar-refractivity contribution >= 4 is 44.8 Å². The van der Waals surface area contributed by atoms with Crippen molar-refractivity contribution in [3.05, 3.63) is 69.2 Å². The molecular weight excluding hydrogens is 548 g/mol. The molecule has 2 atom stereocenters. The van der Waals surface area contributed by atoms with Crippen LogP contribution in [-0.2, 0) is 35.5 Å². The topological polar surface area (TPSA) is 188 Å². The maximum absolute atomic E-state index is 12.5. The number of nitrogens with two attached hydrogens (primary N) is 2. The van der Waals surface area contributed by atoms with E-state index in [-0.39, 0.29) is 36.5 Å². The van der Waals surface area contributed by atoms with E-state index in [1.807, 2.05) is 12.1 Å². The molecule has 6 N–H and O–H groups in total. The van der Waals surface area contributed by atoms with Crippen molar-refractivity contribution in [2.24, 2.45) is 11.5 Å². The second kappa shape index (κ2) is 13.1. The highest BCUT2D eigenvalue weighted by Gasteiger charge is 2.29. The first-order chi connectivity index (χ1) is 19.5. The third-order valence-corrected chi connectivity index (χ3v) is 8.68. The van der Waals surface area contributed by atoms with E-state index in [4.69, 9.17) is 11.5 Å². The molecule has 40 heavy (non-hydrogen) atoms. The highest BCUT2D eigenvalue weighted by molar-refractivity contribution is 7.15. The SMILES string of the molecule is NCc1ccc(CC(=O)Nc2nnc(C3CCCC(c4nnc(NC(=O)Cc5ccc(CN)cn5)s4)C3)s2)nc1. The van der Waals surface area contributed by atoms with Crippen molar-refractivity contribution in [1.82, 2.24) is 30.4 Å². The Morgan fingerprint density at radius 2 is 1.23 bits per heavy atom. The van der Waals surface area contributed by atoms with Gasteiger partial charge in [0.15, 0.2) is 0 Å². The Balaban J connectivity index is 1.13. The van der Waals surface area contributed by atoms with E-state index in [1.54, 1.807) is 24.5 Å². The zero-order chi connectivity index (χ0) is 27.9. The molecule has 12 nitrogen and oxygen atoms in total. The molecule has 1 aliphatic rings. The fourth-order valence-electron chi connectivity index (χ4n) is 4.56. The van der Waals surface area contributed by atoms with Crippen LogP contribution in [0.15, 0.2) is 36.7 Å². The Morgan fingerprint density at radius 1 is 0.750 bits per heavy atom. The Labute approximate surface area is 239 Å². The van der Waals surface area contributed by atoms with Gasteiger partial charge in [0.2, 0.25) is 22.1 Å². The summed E-state index contributed by atoms with van der Waals surface area (Å²) in [5.74, 6) is 0.0572. The van der Waals surface area contributed by atoms with Crippen LogP contribution in [0.2, 0.25) is 0 Å². The van der Waals surface area contributed by atoms with Crippen molar-refractivity contribution in [3.63, 3.8) is 0 Å². The molecule has 2 unspecified atom stereocenters. The van der Waals surface area contributed by atoms with Gasteiger partial charge in [-0.15, -0.1) is 20.4 Å². The lowest BCUT2D eigenvalue weighted by Gasteiger charge is -2.25. The van der Waals surface area contributed by atoms with Gasteiger partial charge in [0.05, 0.1) is 12.8 Å². The Hall–Kier alpha value is -3.72. The van der Waals surface area contributed by atoms with Gasteiger partial charge >= 0.3 is 0 Å². The van der Waals surface area contributed by atoms with Gasteiger partial charge in [-0.05, 0) is 42.5 Å². The lowest BCUT2D eigenvalue weighted by Crippen LogP contribution is -2.15. The summed E-state index contributed by atoms with van der Waals surface area (Å²) in [6.45, 7) is 0.824. The van der Waals surface area contributed by atoms with Crippen molar-refractivity contribution in [2.45, 2.75) is 63.5 Å². The lowest BCUT2D eigenvalue weighted by atomic mass is 9.82. The number of hydrogen-bond donors (Lipinski definition) is 4. The van der Waals surface area contributed by atoms with Crippen LogP contribution in [0.25, 0.3) is 0 Å². The first kappa shape index (κ1) is 27.8. The molecule has 0 saturated heterocycles. The zero-order valence-electron chi connectivity index (χ0n) is 21.7. The van der Waals surface area contributed by atoms with Crippen molar-refractivity contribution in [3.8, 4) is 0 Å². The Bertz CT molecular complexity index is 1330. The zero-order valence-corrected chi connectivity index (χ0v) is 23.4. The molecular formula is C26H30N10O2S2. The molecule has 1 saturated carbocycles. The summed E-state index contributed by atoms with van der Waals surface area (Å²) in [4.78, 5) is 33.5. The maximum atomic E-state index is 12.5. The molecule has 2 amide bonds. The van der Waals surface area contributed by atoms with E-state index in [0.717, 1.165) is 46.8 Å². The summed E-state index contributed by atoms with van der Waals surface area (Å²) in [6, 6.07) is 7.34. The van der Waals surface area contributed by atoms with Gasteiger partial charge in [0, 0.05) is 48.7 Å². The van der Waals surface area contributed by atoms with Crippen molar-refractivity contribution in [2.75, 3.05) is 10.6 Å². The van der Waals surface area contributed by atoms with Crippen LogP contribution in [0.3, 0.4) is 0 Å². The number of pyridine rings is 2. The van der Waals surface area contributed by atoms with Gasteiger partial charge in [-0.25, -0.2) is 0 Å². The molecule has 0 spiro atoms. The number of carbonyl (C=O) groups is 2. The second-order valence-electron chi connectivity index (χ2n) is 9.63. The number of anilines is 2. The number of carbonyl (C=O) groups excluding carboxylic acids is 2. The summed E-state index contributed by atoms with van der Waals surface area (Å²) < 4.78 is 0. The molecule has 0 bridgehead atoms. The van der Waals surface area contributed by atoms with Gasteiger partial charge in [0.25, 0.3) is 0 Å². The van der Waals surface area contributed by atoms with Crippen LogP contribution in [-0.4, -0.2) is 42.2 Å². The number of amides is 2. The van der Waals surface area contributed by atoms with E-state index >= 15 is 0 Å². The molecule has 1 fully saturated rings. The Morgan fingerprint density at radius 3 is 1.62 bits per heavy atom. The minimum Gasteiger partial charge on any atom is -0.326 e. The average molecular weight is 579 g/mol. The van der Waals surface area contributed by atoms with E-state index in [2.05, 4.69) is 41.0 Å². The maximum Gasteiger partial charge on any atom is 0.232 e. The molecule has 4 aromatic heterocycles. The van der Waals surface area contributed by atoms with Crippen LogP contribution in [0.1, 0.15) is 70.0 Å². The lowest BCUT2D eigenvalue weighted by molar-refractivity contribution is -0.116. The minimum atomic E-state index is -0.191. The molecule has 0 aliphatic heterocycles. The highest BCUT2D eigenvalue weighted by Crippen LogP contribution is 2.43. The molecule has 4 heterocycles. The van der Waals surface area contributed by atoms with Gasteiger partial charge in [-0.2, -0.15) is 0 Å². The number of rotatable bonds is 10. The first-order valence-corrected chi connectivity index (χ1v) is 14.7. The monoisotopic (exact) mass is 578 g/mol. The third kappa shape index (κ3) is 7.27. The number of nitrogens with one attached hydrogen (secondary N) is 2. The number of nitrogens with zero attached hydrogens (tertiary/aromatic N) is 6. The molecule has 208 valence electrons. The molecule has 0 aromatic carbocycles. The predicted molar refractivity (Wildman–Crippen MR) is 153 cm³/mol. The summed E-state index contributed by atoms with van der Waals surface area (Å²) >= 11 is 2.81. The van der Waals surface area contributed by atoms with Gasteiger partial charge in [-0.3, -0.25) is 19.6 Å². The highest BCUT2D eigenvalue weighted by atomic mass is 32.1. The molecule has 0 radical (unpaired) electrons. The molecule has 1 aliphatic carbocycles. The normalized spacial score (nSPS) is 16.9. The molecule has 5 rings (SSSR count). The van der Waals surface area contributed by atoms with Gasteiger partial charge in [0.1, 0.15) is 10.0 Å². The fourth-order valence-corrected chi connectivity index (χ4v) is 6.37. The van der Waals surface area contributed by atoms with E-state index in [1.165, 1.54) is 22.7 Å². The van der Waals surface area contributed by atoms with E-state index < -0.39 is 0 Å². The molecule has 4 aromatic rings. The van der Waals surface area contributed by atoms with Gasteiger partial charge < -0.3 is 22.1 Å². The Kier molecular flexibility index (Phi) is 9.11. The van der Waals surface area contributed by atoms with E-state index in [9.17, 15) is 9.59 Å². The number of hydrogen-bond acceptors (Lipinski definition) is 12. The first-order valence-electron chi connectivity index (χ1n) is 13.0. The predicted octanol–water partition coefficient (Wildman–Crippen LogP) is 2.90. The second-order valence-corrected chi connectivity index (χ2v) is 11.6.